The molecule has 0 bridgehead atoms. The molecular formula is C17H16N2O3. The Morgan fingerprint density at radius 1 is 1.18 bits per heavy atom. The number of nitrogens with zero attached hydrogens (tertiary/aromatic N) is 2. The third kappa shape index (κ3) is 2.04. The second-order valence-electron chi connectivity index (χ2n) is 4.92. The van der Waals surface area contributed by atoms with Gasteiger partial charge in [-0.05, 0) is 35.7 Å². The average Bonchev–Trinajstić information content (AvgIpc) is 2.91. The topological polar surface area (TPSA) is 64.4 Å². The average molecular weight is 296 g/mol. The van der Waals surface area contributed by atoms with Gasteiger partial charge in [0.25, 0.3) is 0 Å². The van der Waals surface area contributed by atoms with Gasteiger partial charge in [0, 0.05) is 18.2 Å². The number of hydrogen-bond acceptors (Lipinski definition) is 5. The van der Waals surface area contributed by atoms with Crippen LogP contribution in [0.3, 0.4) is 0 Å². The Morgan fingerprint density at radius 3 is 2.55 bits per heavy atom. The van der Waals surface area contributed by atoms with Crippen molar-refractivity contribution in [1.82, 2.24) is 4.98 Å². The highest BCUT2D eigenvalue weighted by atomic mass is 16.5. The Morgan fingerprint density at radius 2 is 1.91 bits per heavy atom. The lowest BCUT2D eigenvalue weighted by Gasteiger charge is -2.12. The van der Waals surface area contributed by atoms with Crippen LogP contribution in [0.2, 0.25) is 0 Å². The predicted molar refractivity (Wildman–Crippen MR) is 81.5 cm³/mol. The van der Waals surface area contributed by atoms with Crippen LogP contribution in [0.4, 0.5) is 0 Å². The van der Waals surface area contributed by atoms with Crippen LogP contribution in [0.15, 0.2) is 18.3 Å². The molecule has 1 aromatic carbocycles. The van der Waals surface area contributed by atoms with Crippen LogP contribution in [0.1, 0.15) is 23.6 Å². The summed E-state index contributed by atoms with van der Waals surface area (Å²) >= 11 is 0. The summed E-state index contributed by atoms with van der Waals surface area (Å²) in [4.78, 5) is 4.27. The zero-order valence-electron chi connectivity index (χ0n) is 12.8. The summed E-state index contributed by atoms with van der Waals surface area (Å²) in [6, 6.07) is 6.10. The van der Waals surface area contributed by atoms with Gasteiger partial charge in [0.15, 0.2) is 11.5 Å². The largest absolute Gasteiger partial charge is 0.493 e. The van der Waals surface area contributed by atoms with Crippen molar-refractivity contribution in [1.29, 1.82) is 5.26 Å². The van der Waals surface area contributed by atoms with Gasteiger partial charge < -0.3 is 14.2 Å². The fourth-order valence-electron chi connectivity index (χ4n) is 2.83. The number of methoxy groups -OCH3 is 2. The number of aromatic nitrogens is 1. The first kappa shape index (κ1) is 14.2. The molecule has 0 N–H and O–H groups in total. The Balaban J connectivity index is 2.23. The minimum absolute atomic E-state index is 0.381. The van der Waals surface area contributed by atoms with Gasteiger partial charge in [0.1, 0.15) is 11.6 Å². The molecule has 0 spiro atoms. The molecular weight excluding hydrogens is 280 g/mol. The van der Waals surface area contributed by atoms with Crippen molar-refractivity contribution in [3.63, 3.8) is 0 Å². The minimum Gasteiger partial charge on any atom is -0.493 e. The van der Waals surface area contributed by atoms with E-state index in [1.165, 1.54) is 0 Å². The first-order valence-electron chi connectivity index (χ1n) is 7.03. The fraction of sp³-hybridized carbons (Fsp3) is 0.294. The molecule has 22 heavy (non-hydrogen) atoms. The molecule has 0 amide bonds. The summed E-state index contributed by atoms with van der Waals surface area (Å²) in [6.07, 6.45) is 2.50. The maximum Gasteiger partial charge on any atom is 0.232 e. The van der Waals surface area contributed by atoms with Crippen LogP contribution in [0.5, 0.6) is 17.4 Å². The Labute approximate surface area is 129 Å². The van der Waals surface area contributed by atoms with E-state index in [4.69, 9.17) is 14.2 Å². The number of pyridine rings is 1. The van der Waals surface area contributed by atoms with E-state index in [9.17, 15) is 5.26 Å². The summed E-state index contributed by atoms with van der Waals surface area (Å²) in [5.41, 5.74) is 4.46. The molecule has 5 heteroatoms. The van der Waals surface area contributed by atoms with Crippen molar-refractivity contribution in [3.8, 4) is 34.6 Å². The van der Waals surface area contributed by atoms with Crippen LogP contribution >= 0.6 is 0 Å². The SMILES string of the molecule is CCOc1ncc2c(c1C#N)-c1cc(OC)c(OC)cc1C2. The van der Waals surface area contributed by atoms with Crippen LogP contribution < -0.4 is 14.2 Å². The van der Waals surface area contributed by atoms with E-state index < -0.39 is 0 Å². The normalized spacial score (nSPS) is 11.4. The third-order valence-electron chi connectivity index (χ3n) is 3.78. The zero-order valence-corrected chi connectivity index (χ0v) is 12.8. The van der Waals surface area contributed by atoms with Gasteiger partial charge in [-0.15, -0.1) is 0 Å². The van der Waals surface area contributed by atoms with E-state index in [2.05, 4.69) is 11.1 Å². The van der Waals surface area contributed by atoms with E-state index in [0.29, 0.717) is 29.5 Å². The quantitative estimate of drug-likeness (QED) is 0.740. The van der Waals surface area contributed by atoms with Gasteiger partial charge in [-0.2, -0.15) is 5.26 Å². The summed E-state index contributed by atoms with van der Waals surface area (Å²) in [6.45, 7) is 2.34. The first-order valence-corrected chi connectivity index (χ1v) is 7.03. The first-order chi connectivity index (χ1) is 10.7. The van der Waals surface area contributed by atoms with E-state index in [0.717, 1.165) is 28.7 Å². The standard InChI is InChI=1S/C17H16N2O3/c1-4-22-17-13(8-18)16-11(9-19-17)5-10-6-14(20-2)15(21-3)7-12(10)16/h6-7,9H,4-5H2,1-3H3. The molecule has 1 aliphatic carbocycles. The third-order valence-corrected chi connectivity index (χ3v) is 3.78. The highest BCUT2D eigenvalue weighted by molar-refractivity contribution is 5.84. The number of rotatable bonds is 4. The van der Waals surface area contributed by atoms with Gasteiger partial charge in [-0.1, -0.05) is 0 Å². The molecule has 0 aliphatic heterocycles. The molecule has 1 heterocycles. The fourth-order valence-corrected chi connectivity index (χ4v) is 2.83. The molecule has 112 valence electrons. The maximum absolute atomic E-state index is 9.54. The van der Waals surface area contributed by atoms with E-state index in [1.807, 2.05) is 19.1 Å². The second kappa shape index (κ2) is 5.57. The van der Waals surface area contributed by atoms with Gasteiger partial charge in [-0.3, -0.25) is 0 Å². The van der Waals surface area contributed by atoms with Gasteiger partial charge in [0.05, 0.1) is 20.8 Å². The lowest BCUT2D eigenvalue weighted by Crippen LogP contribution is -2.00. The lowest BCUT2D eigenvalue weighted by atomic mass is 10.0. The van der Waals surface area contributed by atoms with E-state index in [1.54, 1.807) is 20.4 Å². The number of fused-ring (bicyclic) bond motifs is 3. The predicted octanol–water partition coefficient (Wildman–Crippen LogP) is 2.94. The lowest BCUT2D eigenvalue weighted by molar-refractivity contribution is 0.326. The van der Waals surface area contributed by atoms with Crippen molar-refractivity contribution in [2.24, 2.45) is 0 Å². The molecule has 1 aromatic heterocycles. The molecule has 0 fully saturated rings. The van der Waals surface area contributed by atoms with E-state index >= 15 is 0 Å². The van der Waals surface area contributed by atoms with E-state index in [-0.39, 0.29) is 0 Å². The van der Waals surface area contributed by atoms with Crippen LogP contribution in [0.25, 0.3) is 11.1 Å². The summed E-state index contributed by atoms with van der Waals surface area (Å²) in [5, 5.41) is 9.54. The van der Waals surface area contributed by atoms with Crippen LogP contribution in [-0.2, 0) is 6.42 Å². The molecule has 3 rings (SSSR count). The van der Waals surface area contributed by atoms with Gasteiger partial charge in [-0.25, -0.2) is 4.98 Å². The Bertz CT molecular complexity index is 778. The molecule has 1 aliphatic rings. The van der Waals surface area contributed by atoms with Crippen molar-refractivity contribution >= 4 is 0 Å². The van der Waals surface area contributed by atoms with Crippen LogP contribution in [-0.4, -0.2) is 25.8 Å². The summed E-state index contributed by atoms with van der Waals surface area (Å²) < 4.78 is 16.2. The van der Waals surface area contributed by atoms with Gasteiger partial charge >= 0.3 is 0 Å². The highest BCUT2D eigenvalue weighted by Crippen LogP contribution is 2.45. The minimum atomic E-state index is 0.381. The maximum atomic E-state index is 9.54. The summed E-state index contributed by atoms with van der Waals surface area (Å²) in [7, 11) is 3.21. The number of hydrogen-bond donors (Lipinski definition) is 0. The smallest absolute Gasteiger partial charge is 0.232 e. The molecule has 5 nitrogen and oxygen atoms in total. The monoisotopic (exact) mass is 296 g/mol. The molecule has 0 saturated heterocycles. The van der Waals surface area contributed by atoms with Gasteiger partial charge in [0.2, 0.25) is 5.88 Å². The van der Waals surface area contributed by atoms with Crippen molar-refractivity contribution in [3.05, 3.63) is 35.0 Å². The Kier molecular flexibility index (Phi) is 3.60. The Hall–Kier alpha value is -2.74. The molecule has 0 saturated carbocycles. The van der Waals surface area contributed by atoms with Crippen molar-refractivity contribution in [2.45, 2.75) is 13.3 Å². The molecule has 0 radical (unpaired) electrons. The number of ether oxygens (including phenoxy) is 3. The number of benzene rings is 1. The zero-order chi connectivity index (χ0) is 15.7. The molecule has 0 atom stereocenters. The second-order valence-corrected chi connectivity index (χ2v) is 4.92. The summed E-state index contributed by atoms with van der Waals surface area (Å²) in [5.74, 6) is 1.71. The molecule has 2 aromatic rings. The van der Waals surface area contributed by atoms with Crippen molar-refractivity contribution < 1.29 is 14.2 Å². The highest BCUT2D eigenvalue weighted by Gasteiger charge is 2.27. The number of nitriles is 1. The molecule has 0 unspecified atom stereocenters. The van der Waals surface area contributed by atoms with Crippen molar-refractivity contribution in [2.75, 3.05) is 20.8 Å². The van der Waals surface area contributed by atoms with Crippen LogP contribution in [0, 0.1) is 11.3 Å².